The minimum atomic E-state index is 0.144. The van der Waals surface area contributed by atoms with E-state index in [1.54, 1.807) is 0 Å². The van der Waals surface area contributed by atoms with Gasteiger partial charge in [-0.15, -0.1) is 0 Å². The third kappa shape index (κ3) is 3.18. The monoisotopic (exact) mass is 263 g/mol. The van der Waals surface area contributed by atoms with Crippen molar-refractivity contribution in [1.82, 2.24) is 14.8 Å². The van der Waals surface area contributed by atoms with Crippen LogP contribution in [0.2, 0.25) is 0 Å². The Hall–Kier alpha value is -1.29. The van der Waals surface area contributed by atoms with Crippen LogP contribution in [-0.2, 0) is 0 Å². The maximum Gasteiger partial charge on any atom is 0.270 e. The van der Waals surface area contributed by atoms with Gasteiger partial charge < -0.3 is 14.8 Å². The third-order valence-electron chi connectivity index (χ3n) is 3.97. The number of carbonyl (C=O) groups excluding carboxylic acids is 1. The first kappa shape index (κ1) is 14.1. The molecule has 19 heavy (non-hydrogen) atoms. The zero-order valence-electron chi connectivity index (χ0n) is 12.2. The standard InChI is InChI=1S/C15H25N3O/c1-12(2)18-11-5-7-14(18)15(19)17(3)13-6-4-9-16-10-8-13/h5,7,11-13,16H,4,6,8-10H2,1-3H3. The van der Waals surface area contributed by atoms with Crippen LogP contribution in [0.5, 0.6) is 0 Å². The Bertz CT molecular complexity index is 417. The number of nitrogens with one attached hydrogen (secondary N) is 1. The maximum atomic E-state index is 12.6. The van der Waals surface area contributed by atoms with Gasteiger partial charge in [0.1, 0.15) is 5.69 Å². The van der Waals surface area contributed by atoms with E-state index in [1.165, 1.54) is 0 Å². The zero-order valence-corrected chi connectivity index (χ0v) is 12.2. The number of rotatable bonds is 3. The van der Waals surface area contributed by atoms with Gasteiger partial charge in [-0.3, -0.25) is 4.79 Å². The van der Waals surface area contributed by atoms with E-state index in [0.717, 1.165) is 38.0 Å². The molecule has 0 saturated carbocycles. The molecule has 1 unspecified atom stereocenters. The Kier molecular flexibility index (Phi) is 4.64. The molecule has 4 nitrogen and oxygen atoms in total. The van der Waals surface area contributed by atoms with Crippen molar-refractivity contribution in [1.29, 1.82) is 0 Å². The summed E-state index contributed by atoms with van der Waals surface area (Å²) in [6.45, 7) is 6.28. The highest BCUT2D eigenvalue weighted by Gasteiger charge is 2.24. The van der Waals surface area contributed by atoms with Gasteiger partial charge in [-0.05, 0) is 58.3 Å². The van der Waals surface area contributed by atoms with Gasteiger partial charge in [-0.1, -0.05) is 0 Å². The largest absolute Gasteiger partial charge is 0.341 e. The summed E-state index contributed by atoms with van der Waals surface area (Å²) in [5, 5.41) is 3.39. The van der Waals surface area contributed by atoms with Crippen LogP contribution in [0.25, 0.3) is 0 Å². The molecule has 2 rings (SSSR count). The summed E-state index contributed by atoms with van der Waals surface area (Å²) in [6.07, 6.45) is 5.27. The van der Waals surface area contributed by atoms with Gasteiger partial charge >= 0.3 is 0 Å². The van der Waals surface area contributed by atoms with Crippen LogP contribution in [0.15, 0.2) is 18.3 Å². The number of hydrogen-bond acceptors (Lipinski definition) is 2. The van der Waals surface area contributed by atoms with Crippen LogP contribution in [-0.4, -0.2) is 41.6 Å². The van der Waals surface area contributed by atoms with Crippen molar-refractivity contribution < 1.29 is 4.79 Å². The fraction of sp³-hybridized carbons (Fsp3) is 0.667. The Balaban J connectivity index is 2.11. The lowest BCUT2D eigenvalue weighted by molar-refractivity contribution is 0.0708. The quantitative estimate of drug-likeness (QED) is 0.908. The highest BCUT2D eigenvalue weighted by molar-refractivity contribution is 5.92. The molecule has 1 aromatic rings. The number of nitrogens with zero attached hydrogens (tertiary/aromatic N) is 2. The predicted octanol–water partition coefficient (Wildman–Crippen LogP) is 2.28. The second kappa shape index (κ2) is 6.24. The van der Waals surface area contributed by atoms with E-state index in [0.29, 0.717) is 12.1 Å². The van der Waals surface area contributed by atoms with E-state index < -0.39 is 0 Å². The van der Waals surface area contributed by atoms with Crippen LogP contribution in [0, 0.1) is 0 Å². The molecule has 0 aliphatic carbocycles. The zero-order chi connectivity index (χ0) is 13.8. The molecular weight excluding hydrogens is 238 g/mol. The van der Waals surface area contributed by atoms with Crippen molar-refractivity contribution in [2.24, 2.45) is 0 Å². The van der Waals surface area contributed by atoms with Crippen LogP contribution in [0.4, 0.5) is 0 Å². The minimum Gasteiger partial charge on any atom is -0.341 e. The summed E-state index contributed by atoms with van der Waals surface area (Å²) in [7, 11) is 1.94. The van der Waals surface area contributed by atoms with Crippen molar-refractivity contribution in [2.75, 3.05) is 20.1 Å². The third-order valence-corrected chi connectivity index (χ3v) is 3.97. The topological polar surface area (TPSA) is 37.3 Å². The van der Waals surface area contributed by atoms with E-state index in [1.807, 2.05) is 34.8 Å². The van der Waals surface area contributed by atoms with E-state index in [4.69, 9.17) is 0 Å². The Labute approximate surface area is 115 Å². The normalized spacial score (nSPS) is 20.3. The summed E-state index contributed by atoms with van der Waals surface area (Å²) in [4.78, 5) is 14.6. The summed E-state index contributed by atoms with van der Waals surface area (Å²) >= 11 is 0. The summed E-state index contributed by atoms with van der Waals surface area (Å²) in [5.74, 6) is 0.144. The Morgan fingerprint density at radius 2 is 2.21 bits per heavy atom. The molecule has 1 aromatic heterocycles. The van der Waals surface area contributed by atoms with Gasteiger partial charge in [0.25, 0.3) is 5.91 Å². The predicted molar refractivity (Wildman–Crippen MR) is 77.4 cm³/mol. The van der Waals surface area contributed by atoms with Gasteiger partial charge in [-0.25, -0.2) is 0 Å². The number of amides is 1. The molecule has 0 spiro atoms. The van der Waals surface area contributed by atoms with E-state index in [9.17, 15) is 4.79 Å². The minimum absolute atomic E-state index is 0.144. The maximum absolute atomic E-state index is 12.6. The second-order valence-corrected chi connectivity index (χ2v) is 5.65. The fourth-order valence-electron chi connectivity index (χ4n) is 2.76. The molecule has 1 N–H and O–H groups in total. The van der Waals surface area contributed by atoms with Crippen LogP contribution in [0.3, 0.4) is 0 Å². The molecule has 2 heterocycles. The summed E-state index contributed by atoms with van der Waals surface area (Å²) in [5.41, 5.74) is 0.801. The molecule has 106 valence electrons. The molecule has 1 aliphatic rings. The van der Waals surface area contributed by atoms with E-state index in [2.05, 4.69) is 19.2 Å². The van der Waals surface area contributed by atoms with Gasteiger partial charge in [0.2, 0.25) is 0 Å². The first-order valence-electron chi connectivity index (χ1n) is 7.26. The summed E-state index contributed by atoms with van der Waals surface area (Å²) < 4.78 is 2.05. The van der Waals surface area contributed by atoms with Gasteiger partial charge in [0.15, 0.2) is 0 Å². The molecular formula is C15H25N3O. The highest BCUT2D eigenvalue weighted by Crippen LogP contribution is 2.17. The molecule has 4 heteroatoms. The van der Waals surface area contributed by atoms with Crippen LogP contribution >= 0.6 is 0 Å². The second-order valence-electron chi connectivity index (χ2n) is 5.65. The van der Waals surface area contributed by atoms with Crippen molar-refractivity contribution in [2.45, 2.75) is 45.2 Å². The van der Waals surface area contributed by atoms with Gasteiger partial charge in [-0.2, -0.15) is 0 Å². The molecule has 1 amide bonds. The van der Waals surface area contributed by atoms with Gasteiger partial charge in [0, 0.05) is 25.3 Å². The fourth-order valence-corrected chi connectivity index (χ4v) is 2.76. The van der Waals surface area contributed by atoms with Crippen molar-refractivity contribution in [3.63, 3.8) is 0 Å². The van der Waals surface area contributed by atoms with E-state index in [-0.39, 0.29) is 5.91 Å². The first-order chi connectivity index (χ1) is 9.11. The SMILES string of the molecule is CC(C)n1cccc1C(=O)N(C)C1CCCNCC1. The lowest BCUT2D eigenvalue weighted by Crippen LogP contribution is -2.38. The molecule has 1 aliphatic heterocycles. The van der Waals surface area contributed by atoms with Crippen molar-refractivity contribution in [3.05, 3.63) is 24.0 Å². The van der Waals surface area contributed by atoms with Crippen LogP contribution < -0.4 is 5.32 Å². The molecule has 0 aromatic carbocycles. The summed E-state index contributed by atoms with van der Waals surface area (Å²) in [6, 6.07) is 4.56. The molecule has 0 radical (unpaired) electrons. The average molecular weight is 263 g/mol. The van der Waals surface area contributed by atoms with Gasteiger partial charge in [0.05, 0.1) is 0 Å². The molecule has 1 saturated heterocycles. The number of hydrogen-bond donors (Lipinski definition) is 1. The molecule has 1 fully saturated rings. The van der Waals surface area contributed by atoms with Crippen molar-refractivity contribution >= 4 is 5.91 Å². The average Bonchev–Trinajstić information content (AvgIpc) is 2.73. The Morgan fingerprint density at radius 3 is 2.95 bits per heavy atom. The smallest absolute Gasteiger partial charge is 0.270 e. The van der Waals surface area contributed by atoms with E-state index >= 15 is 0 Å². The first-order valence-corrected chi connectivity index (χ1v) is 7.26. The van der Waals surface area contributed by atoms with Crippen molar-refractivity contribution in [3.8, 4) is 0 Å². The highest BCUT2D eigenvalue weighted by atomic mass is 16.2. The van der Waals surface area contributed by atoms with Crippen LogP contribution in [0.1, 0.15) is 49.6 Å². The Morgan fingerprint density at radius 1 is 1.42 bits per heavy atom. The number of aromatic nitrogens is 1. The number of carbonyl (C=O) groups is 1. The lowest BCUT2D eigenvalue weighted by atomic mass is 10.1. The lowest BCUT2D eigenvalue weighted by Gasteiger charge is -2.28. The molecule has 0 bridgehead atoms. The molecule has 1 atom stereocenters.